The van der Waals surface area contributed by atoms with Crippen LogP contribution in [0.15, 0.2) is 47.6 Å². The fourth-order valence-corrected chi connectivity index (χ4v) is 14.1. The van der Waals surface area contributed by atoms with Crippen molar-refractivity contribution in [3.63, 3.8) is 0 Å². The first-order chi connectivity index (χ1) is 48.4. The number of nitrogens with zero attached hydrogens (tertiary/aromatic N) is 8. The highest BCUT2D eigenvalue weighted by Crippen LogP contribution is 2.32. The van der Waals surface area contributed by atoms with E-state index in [2.05, 4.69) is 31.3 Å². The number of carbonyl (C=O) groups is 10. The number of hydrogen-bond acceptors (Lipinski definition) is 20. The first-order valence-electron chi connectivity index (χ1n) is 35.3. The van der Waals surface area contributed by atoms with Crippen molar-refractivity contribution in [3.8, 4) is 0 Å². The van der Waals surface area contributed by atoms with Crippen molar-refractivity contribution in [1.82, 2.24) is 45.9 Å². The number of hydrogen-bond donors (Lipinski definition) is 5. The van der Waals surface area contributed by atoms with Crippen molar-refractivity contribution in [3.05, 3.63) is 81.0 Å². The van der Waals surface area contributed by atoms with Gasteiger partial charge in [0, 0.05) is 106 Å². The van der Waals surface area contributed by atoms with Gasteiger partial charge in [-0.05, 0) is 105 Å². The maximum atomic E-state index is 14.6. The van der Waals surface area contributed by atoms with E-state index in [1.54, 1.807) is 89.8 Å². The monoisotopic (exact) mass is 1460 g/mol. The van der Waals surface area contributed by atoms with Gasteiger partial charge in [0.25, 0.3) is 5.91 Å². The van der Waals surface area contributed by atoms with Crippen molar-refractivity contribution >= 4 is 93.3 Å². The molecule has 1 aromatic heterocycles. The lowest BCUT2D eigenvalue weighted by atomic mass is 9.83. The zero-order valence-corrected chi connectivity index (χ0v) is 64.4. The van der Waals surface area contributed by atoms with Crippen LogP contribution in [0, 0.1) is 35.5 Å². The second kappa shape index (κ2) is 44.5. The molecule has 0 saturated carbocycles. The Bertz CT molecular complexity index is 3310. The van der Waals surface area contributed by atoms with Crippen LogP contribution in [-0.4, -0.2) is 226 Å². The number of ketones is 3. The summed E-state index contributed by atoms with van der Waals surface area (Å²) < 4.78 is 23.3. The largest absolute Gasteiger partial charge is 0.379 e. The number of amides is 7. The minimum atomic E-state index is -1.31. The highest BCUT2D eigenvalue weighted by atomic mass is 32.2. The highest BCUT2D eigenvalue weighted by molar-refractivity contribution is 7.98. The quantitative estimate of drug-likeness (QED) is 0.0167. The number of nitrogens with two attached hydrogens (primary N) is 1. The van der Waals surface area contributed by atoms with Gasteiger partial charge in [-0.15, -0.1) is 0 Å². The van der Waals surface area contributed by atoms with Crippen LogP contribution < -0.4 is 27.0 Å². The van der Waals surface area contributed by atoms with Crippen molar-refractivity contribution in [2.24, 2.45) is 46.4 Å². The molecule has 2 heterocycles. The number of benzene rings is 2. The first-order valence-corrected chi connectivity index (χ1v) is 38.1. The van der Waals surface area contributed by atoms with Crippen molar-refractivity contribution in [2.75, 3.05) is 93.9 Å². The Hall–Kier alpha value is -7.11. The summed E-state index contributed by atoms with van der Waals surface area (Å²) in [4.78, 5) is 153. The van der Waals surface area contributed by atoms with Gasteiger partial charge in [-0.1, -0.05) is 91.2 Å². The molecule has 0 aliphatic carbocycles. The number of rotatable bonds is 48. The molecule has 1 saturated heterocycles. The average Bonchev–Trinajstić information content (AvgIpc) is 1.31. The predicted molar refractivity (Wildman–Crippen MR) is 396 cm³/mol. The maximum absolute atomic E-state index is 14.6. The standard InChI is InChI=1S/C73H113N13O14S2/c1-17-45(6)68(85(12)73(96)53(43(2)3)37-62(89)67(44(4)5)84(10)11)63(97-13)39-66(92)86-28-18-19-59(86)69(98-14)47(8)71(94)79-52(40-77-83-75)34-49-20-22-50(23-21-49)35-61(88)56(38-64(74)90)82-70(93)46(7)33-60(87)48(9)78-65(91)26-29-99-31-32-100-30-27-76-72(95)51-24-25-54-55(36-51)81-58(42-102-16)57(80-54)41-101-15/h20-25,36,43-48,52-53,56,59,63,67-69H,17-19,26-35,37-42H2,1-16H3,(H2,74,90)(H,76,95)(H,78,91)(H,79,94)(H,82,93)/t45-,46+,47+,48-,52-,53-,56-,59-,63+,67-,68-,69+/m0/s1. The normalized spacial score (nSPS) is 16.3. The molecule has 29 heteroatoms. The van der Waals surface area contributed by atoms with Crippen molar-refractivity contribution < 1.29 is 66.9 Å². The fraction of sp³-hybridized carbons (Fsp3) is 0.671. The summed E-state index contributed by atoms with van der Waals surface area (Å²) in [6, 6.07) is 7.83. The van der Waals surface area contributed by atoms with Crippen LogP contribution in [0.25, 0.3) is 21.5 Å². The summed E-state index contributed by atoms with van der Waals surface area (Å²) in [5, 5.41) is 14.8. The number of carbonyl (C=O) groups excluding carboxylic acids is 10. The third-order valence-electron chi connectivity index (χ3n) is 18.9. The number of nitrogens with one attached hydrogen (secondary N) is 4. The van der Waals surface area contributed by atoms with Gasteiger partial charge in [-0.25, -0.2) is 9.97 Å². The molecule has 102 heavy (non-hydrogen) atoms. The molecule has 0 unspecified atom stereocenters. The third-order valence-corrected chi connectivity index (χ3v) is 20.0. The number of azide groups is 1. The van der Waals surface area contributed by atoms with Crippen molar-refractivity contribution in [1.29, 1.82) is 0 Å². The Morgan fingerprint density at radius 1 is 0.745 bits per heavy atom. The van der Waals surface area contributed by atoms with Gasteiger partial charge in [-0.3, -0.25) is 52.8 Å². The Balaban J connectivity index is 1.25. The minimum Gasteiger partial charge on any atom is -0.379 e. The number of Topliss-reactive ketones (excluding diaryl/α,β-unsaturated/α-hetero) is 3. The van der Waals surface area contributed by atoms with Gasteiger partial charge in [0.15, 0.2) is 17.3 Å². The van der Waals surface area contributed by atoms with Crippen LogP contribution in [0.5, 0.6) is 0 Å². The summed E-state index contributed by atoms with van der Waals surface area (Å²) >= 11 is 3.34. The second-order valence-electron chi connectivity index (χ2n) is 27.6. The van der Waals surface area contributed by atoms with Crippen LogP contribution >= 0.6 is 23.5 Å². The lowest BCUT2D eigenvalue weighted by molar-refractivity contribution is -0.149. The number of primary amides is 1. The van der Waals surface area contributed by atoms with Crippen molar-refractivity contribution in [2.45, 2.75) is 186 Å². The molecule has 1 aliphatic heterocycles. The highest BCUT2D eigenvalue weighted by Gasteiger charge is 2.44. The fourth-order valence-electron chi connectivity index (χ4n) is 13.1. The molecule has 6 N–H and O–H groups in total. The molecular formula is C73H113N13O14S2. The van der Waals surface area contributed by atoms with E-state index >= 15 is 0 Å². The smallest absolute Gasteiger partial charge is 0.251 e. The Morgan fingerprint density at radius 3 is 1.96 bits per heavy atom. The van der Waals surface area contributed by atoms with Gasteiger partial charge >= 0.3 is 0 Å². The van der Waals surface area contributed by atoms with E-state index in [0.29, 0.717) is 48.0 Å². The van der Waals surface area contributed by atoms with Crippen LogP contribution in [0.4, 0.5) is 0 Å². The van der Waals surface area contributed by atoms with Crippen LogP contribution in [0.2, 0.25) is 0 Å². The van der Waals surface area contributed by atoms with E-state index < -0.39 is 102 Å². The van der Waals surface area contributed by atoms with Gasteiger partial charge in [0.05, 0.1) is 110 Å². The number of fused-ring (bicyclic) bond motifs is 1. The topological polar surface area (TPSA) is 366 Å². The third kappa shape index (κ3) is 27.2. The number of likely N-dealkylation sites (tertiary alicyclic amines) is 1. The van der Waals surface area contributed by atoms with Gasteiger partial charge < -0.3 is 55.7 Å². The van der Waals surface area contributed by atoms with E-state index in [-0.39, 0.29) is 125 Å². The molecule has 1 fully saturated rings. The molecule has 0 radical (unpaired) electrons. The Kier molecular flexibility index (Phi) is 38.1. The van der Waals surface area contributed by atoms with Crippen LogP contribution in [0.3, 0.4) is 0 Å². The maximum Gasteiger partial charge on any atom is 0.251 e. The summed E-state index contributed by atoms with van der Waals surface area (Å²) in [6.45, 7) is 17.9. The summed E-state index contributed by atoms with van der Waals surface area (Å²) in [5.74, 6) is -4.98. The van der Waals surface area contributed by atoms with E-state index in [1.165, 1.54) is 28.1 Å². The van der Waals surface area contributed by atoms with E-state index in [9.17, 15) is 53.5 Å². The summed E-state index contributed by atoms with van der Waals surface area (Å²) in [6.07, 6.45) is 3.72. The number of ether oxygens (including phenoxy) is 4. The molecule has 27 nitrogen and oxygen atoms in total. The number of aromatic nitrogens is 2. The van der Waals surface area contributed by atoms with E-state index in [0.717, 1.165) is 28.4 Å². The molecule has 0 bridgehead atoms. The lowest BCUT2D eigenvalue weighted by Crippen LogP contribution is -2.54. The molecule has 2 aromatic carbocycles. The molecule has 3 aromatic rings. The number of methoxy groups -OCH3 is 2. The number of likely N-dealkylation sites (N-methyl/N-ethyl adjacent to an activating group) is 2. The molecule has 4 rings (SSSR count). The van der Waals surface area contributed by atoms with Crippen LogP contribution in [-0.2, 0) is 86.4 Å². The summed E-state index contributed by atoms with van der Waals surface area (Å²) in [7, 11) is 8.51. The minimum absolute atomic E-state index is 0.00294. The average molecular weight is 1460 g/mol. The second-order valence-corrected chi connectivity index (χ2v) is 29.3. The van der Waals surface area contributed by atoms with Crippen LogP contribution in [0.1, 0.15) is 147 Å². The Labute approximate surface area is 610 Å². The molecule has 566 valence electrons. The zero-order chi connectivity index (χ0) is 75.9. The van der Waals surface area contributed by atoms with E-state index in [4.69, 9.17) is 34.6 Å². The summed E-state index contributed by atoms with van der Waals surface area (Å²) in [5.41, 5.74) is 19.8. The van der Waals surface area contributed by atoms with Gasteiger partial charge in [-0.2, -0.15) is 23.5 Å². The first kappa shape index (κ1) is 87.3. The zero-order valence-electron chi connectivity index (χ0n) is 62.7. The number of thioether (sulfide) groups is 2. The predicted octanol–water partition coefficient (Wildman–Crippen LogP) is 6.86. The molecule has 0 spiro atoms. The molecule has 12 atom stereocenters. The molecule has 1 aliphatic rings. The SMILES string of the molecule is CC[C@H](C)[C@@H]([C@@H](CC(=O)N1CCC[C@H]1[C@H](OC)[C@@H](C)C(=O)N[C@H](CN=[N+]=[N-])Cc1ccc(CC(=O)[C@H](CC(N)=O)NC(=O)[C@H](C)CC(=O)[C@H](C)NC(=O)CCOCCOCCNC(=O)c2ccc3nc(CSC)c(CSC)nc3c2)cc1)OC)N(C)C(=O)[C@@H](CC(=O)[C@H](C(C)C)N(C)C)C(C)C. The lowest BCUT2D eigenvalue weighted by Gasteiger charge is -2.41. The van der Waals surface area contributed by atoms with Gasteiger partial charge in [0.2, 0.25) is 35.4 Å². The Morgan fingerprint density at radius 2 is 1.38 bits per heavy atom. The van der Waals surface area contributed by atoms with Gasteiger partial charge in [0.1, 0.15) is 0 Å². The molecular weight excluding hydrogens is 1350 g/mol. The molecule has 7 amide bonds. The van der Waals surface area contributed by atoms with E-state index in [1.807, 2.05) is 73.0 Å².